The van der Waals surface area contributed by atoms with Gasteiger partial charge in [0.25, 0.3) is 0 Å². The number of benzene rings is 1. The molecule has 1 heterocycles. The van der Waals surface area contributed by atoms with Gasteiger partial charge in [-0.1, -0.05) is 36.8 Å². The maximum Gasteiger partial charge on any atom is 0.221 e. The highest BCUT2D eigenvalue weighted by molar-refractivity contribution is 7.99. The highest BCUT2D eigenvalue weighted by atomic mass is 32.2. The van der Waals surface area contributed by atoms with Crippen molar-refractivity contribution >= 4 is 17.7 Å². The third-order valence-corrected chi connectivity index (χ3v) is 5.65. The largest absolute Gasteiger partial charge is 0.353 e. The summed E-state index contributed by atoms with van der Waals surface area (Å²) in [4.78, 5) is 12.3. The van der Waals surface area contributed by atoms with Gasteiger partial charge >= 0.3 is 0 Å². The third-order valence-electron chi connectivity index (χ3n) is 4.52. The number of amides is 1. The number of thioether (sulfide) groups is 1. The van der Waals surface area contributed by atoms with Gasteiger partial charge in [-0.3, -0.25) is 4.79 Å². The molecule has 0 bridgehead atoms. The second-order valence-corrected chi connectivity index (χ2v) is 7.20. The minimum Gasteiger partial charge on any atom is -0.353 e. The van der Waals surface area contributed by atoms with Crippen LogP contribution < -0.4 is 10.6 Å². The summed E-state index contributed by atoms with van der Waals surface area (Å²) in [5.41, 5.74) is 1.37. The lowest BCUT2D eigenvalue weighted by Gasteiger charge is -2.25. The van der Waals surface area contributed by atoms with Crippen molar-refractivity contribution in [1.29, 1.82) is 0 Å². The molecule has 0 radical (unpaired) electrons. The number of carbonyl (C=O) groups is 1. The van der Waals surface area contributed by atoms with E-state index in [-0.39, 0.29) is 5.91 Å². The molecule has 3 atom stereocenters. The summed E-state index contributed by atoms with van der Waals surface area (Å²) in [6, 6.07) is 11.3. The predicted molar refractivity (Wildman–Crippen MR) is 88.7 cm³/mol. The van der Waals surface area contributed by atoms with Crippen LogP contribution >= 0.6 is 11.8 Å². The Morgan fingerprint density at radius 2 is 2.14 bits per heavy atom. The molecule has 1 aliphatic carbocycles. The van der Waals surface area contributed by atoms with E-state index in [4.69, 9.17) is 0 Å². The zero-order valence-electron chi connectivity index (χ0n) is 12.4. The van der Waals surface area contributed by atoms with Gasteiger partial charge in [0.2, 0.25) is 5.91 Å². The summed E-state index contributed by atoms with van der Waals surface area (Å²) < 4.78 is 0. The number of carbonyl (C=O) groups excluding carboxylic acids is 1. The van der Waals surface area contributed by atoms with Gasteiger partial charge in [0.05, 0.1) is 0 Å². The molecule has 3 rings (SSSR count). The summed E-state index contributed by atoms with van der Waals surface area (Å²) in [5.74, 6) is 2.92. The smallest absolute Gasteiger partial charge is 0.221 e. The molecule has 3 unspecified atom stereocenters. The molecule has 2 aliphatic rings. The first-order chi connectivity index (χ1) is 10.3. The van der Waals surface area contributed by atoms with Crippen molar-refractivity contribution < 1.29 is 4.79 Å². The first-order valence-electron chi connectivity index (χ1n) is 7.98. The van der Waals surface area contributed by atoms with Crippen LogP contribution in [0.4, 0.5) is 0 Å². The molecule has 1 aromatic rings. The predicted octanol–water partition coefficient (Wildman–Crippen LogP) is 2.53. The average molecular weight is 304 g/mol. The van der Waals surface area contributed by atoms with Crippen LogP contribution in [0.2, 0.25) is 0 Å². The Labute approximate surface area is 131 Å². The van der Waals surface area contributed by atoms with Crippen molar-refractivity contribution in [2.45, 2.75) is 43.7 Å². The van der Waals surface area contributed by atoms with E-state index >= 15 is 0 Å². The van der Waals surface area contributed by atoms with Crippen LogP contribution in [0.5, 0.6) is 0 Å². The molecule has 1 aromatic carbocycles. The third kappa shape index (κ3) is 4.01. The lowest BCUT2D eigenvalue weighted by molar-refractivity contribution is -0.122. The fraction of sp³-hybridized carbons (Fsp3) is 0.588. The average Bonchev–Trinajstić information content (AvgIpc) is 2.97. The van der Waals surface area contributed by atoms with Crippen LogP contribution in [0.3, 0.4) is 0 Å². The first kappa shape index (κ1) is 14.9. The lowest BCUT2D eigenvalue weighted by atomic mass is 9.94. The molecule has 1 aliphatic heterocycles. The van der Waals surface area contributed by atoms with Gasteiger partial charge in [-0.2, -0.15) is 11.8 Å². The van der Waals surface area contributed by atoms with Crippen molar-refractivity contribution in [2.75, 3.05) is 18.1 Å². The second kappa shape index (κ2) is 7.32. The topological polar surface area (TPSA) is 41.1 Å². The Kier molecular flexibility index (Phi) is 5.20. The molecular formula is C17H24N2OS. The van der Waals surface area contributed by atoms with Gasteiger partial charge < -0.3 is 10.6 Å². The summed E-state index contributed by atoms with van der Waals surface area (Å²) in [6.45, 7) is 1.03. The second-order valence-electron chi connectivity index (χ2n) is 6.05. The molecule has 1 saturated carbocycles. The van der Waals surface area contributed by atoms with Crippen molar-refractivity contribution in [3.8, 4) is 0 Å². The molecular weight excluding hydrogens is 280 g/mol. The lowest BCUT2D eigenvalue weighted by Crippen LogP contribution is -2.44. The quantitative estimate of drug-likeness (QED) is 0.898. The molecule has 114 valence electrons. The van der Waals surface area contributed by atoms with Crippen LogP contribution in [-0.4, -0.2) is 36.0 Å². The molecule has 1 saturated heterocycles. The monoisotopic (exact) mass is 304 g/mol. The number of hydrogen-bond acceptors (Lipinski definition) is 3. The Balaban J connectivity index is 1.54. The number of hydrogen-bond donors (Lipinski definition) is 2. The van der Waals surface area contributed by atoms with E-state index in [0.717, 1.165) is 24.5 Å². The fourth-order valence-corrected chi connectivity index (χ4v) is 4.42. The molecule has 2 N–H and O–H groups in total. The standard InChI is InChI=1S/C17H24N2OS/c20-17(11-14-12-21-10-9-18-14)19-16-8-4-7-15(16)13-5-2-1-3-6-13/h1-3,5-6,14-16,18H,4,7-12H2,(H,19,20). The van der Waals surface area contributed by atoms with E-state index < -0.39 is 0 Å². The van der Waals surface area contributed by atoms with Gasteiger partial charge in [0.1, 0.15) is 0 Å². The van der Waals surface area contributed by atoms with E-state index in [1.165, 1.54) is 18.4 Å². The molecule has 4 heteroatoms. The molecule has 3 nitrogen and oxygen atoms in total. The maximum atomic E-state index is 12.3. The van der Waals surface area contributed by atoms with Crippen molar-refractivity contribution in [2.24, 2.45) is 0 Å². The zero-order valence-corrected chi connectivity index (χ0v) is 13.2. The summed E-state index contributed by atoms with van der Waals surface area (Å²) >= 11 is 1.94. The number of nitrogens with one attached hydrogen (secondary N) is 2. The van der Waals surface area contributed by atoms with E-state index in [2.05, 4.69) is 41.0 Å². The Hall–Kier alpha value is -1.00. The van der Waals surface area contributed by atoms with E-state index in [1.807, 2.05) is 11.8 Å². The highest BCUT2D eigenvalue weighted by Gasteiger charge is 2.30. The minimum absolute atomic E-state index is 0.211. The molecule has 21 heavy (non-hydrogen) atoms. The SMILES string of the molecule is O=C(CC1CSCCN1)NC1CCCC1c1ccccc1. The normalized spacial score (nSPS) is 29.2. The van der Waals surface area contributed by atoms with E-state index in [9.17, 15) is 4.79 Å². The van der Waals surface area contributed by atoms with E-state index in [1.54, 1.807) is 0 Å². The van der Waals surface area contributed by atoms with Crippen LogP contribution in [0.1, 0.15) is 37.2 Å². The van der Waals surface area contributed by atoms with Crippen LogP contribution in [0.15, 0.2) is 30.3 Å². The Bertz CT molecular complexity index is 459. The van der Waals surface area contributed by atoms with Crippen molar-refractivity contribution in [1.82, 2.24) is 10.6 Å². The van der Waals surface area contributed by atoms with Gasteiger partial charge in [-0.25, -0.2) is 0 Å². The molecule has 0 aromatic heterocycles. The molecule has 0 spiro atoms. The molecule has 2 fully saturated rings. The fourth-order valence-electron chi connectivity index (χ4n) is 3.47. The first-order valence-corrected chi connectivity index (χ1v) is 9.14. The van der Waals surface area contributed by atoms with Gasteiger partial charge in [-0.05, 0) is 18.4 Å². The van der Waals surface area contributed by atoms with Gasteiger partial charge in [0, 0.05) is 42.5 Å². The summed E-state index contributed by atoms with van der Waals surface area (Å²) in [6.07, 6.45) is 4.12. The van der Waals surface area contributed by atoms with Crippen molar-refractivity contribution in [3.63, 3.8) is 0 Å². The minimum atomic E-state index is 0.211. The number of rotatable bonds is 4. The van der Waals surface area contributed by atoms with Gasteiger partial charge in [-0.15, -0.1) is 0 Å². The van der Waals surface area contributed by atoms with Crippen molar-refractivity contribution in [3.05, 3.63) is 35.9 Å². The Morgan fingerprint density at radius 3 is 2.90 bits per heavy atom. The van der Waals surface area contributed by atoms with Crippen LogP contribution in [0, 0.1) is 0 Å². The van der Waals surface area contributed by atoms with Crippen LogP contribution in [-0.2, 0) is 4.79 Å². The summed E-state index contributed by atoms with van der Waals surface area (Å²) in [5, 5.41) is 6.72. The summed E-state index contributed by atoms with van der Waals surface area (Å²) in [7, 11) is 0. The highest BCUT2D eigenvalue weighted by Crippen LogP contribution is 2.34. The van der Waals surface area contributed by atoms with Gasteiger partial charge in [0.15, 0.2) is 0 Å². The Morgan fingerprint density at radius 1 is 1.29 bits per heavy atom. The van der Waals surface area contributed by atoms with Crippen LogP contribution in [0.25, 0.3) is 0 Å². The van der Waals surface area contributed by atoms with E-state index in [0.29, 0.717) is 24.4 Å². The maximum absolute atomic E-state index is 12.3. The zero-order chi connectivity index (χ0) is 14.5. The molecule has 1 amide bonds.